The van der Waals surface area contributed by atoms with Crippen LogP contribution in [0.4, 0.5) is 8.78 Å². The number of carbonyl (C=O) groups is 2. The van der Waals surface area contributed by atoms with E-state index in [1.807, 2.05) is 0 Å². The van der Waals surface area contributed by atoms with E-state index in [1.165, 1.54) is 6.07 Å². The molecule has 1 atom stereocenters. The summed E-state index contributed by atoms with van der Waals surface area (Å²) >= 11 is 0. The molecule has 1 unspecified atom stereocenters. The molecule has 0 saturated carbocycles. The quantitative estimate of drug-likeness (QED) is 0.630. The van der Waals surface area contributed by atoms with E-state index >= 15 is 0 Å². The van der Waals surface area contributed by atoms with E-state index < -0.39 is 23.6 Å². The average molecular weight is 282 g/mol. The highest BCUT2D eigenvalue weighted by Crippen LogP contribution is 2.43. The highest BCUT2D eigenvalue weighted by molar-refractivity contribution is 6.16. The predicted octanol–water partition coefficient (Wildman–Crippen LogP) is 2.94. The van der Waals surface area contributed by atoms with Gasteiger partial charge in [0.2, 0.25) is 0 Å². The third-order valence-electron chi connectivity index (χ3n) is 3.69. The zero-order valence-electron chi connectivity index (χ0n) is 11.4. The van der Waals surface area contributed by atoms with Crippen LogP contribution in [0, 0.1) is 12.3 Å². The van der Waals surface area contributed by atoms with Crippen molar-refractivity contribution in [2.24, 2.45) is 5.41 Å². The molecule has 5 heteroatoms. The van der Waals surface area contributed by atoms with Gasteiger partial charge in [0.1, 0.15) is 0 Å². The summed E-state index contributed by atoms with van der Waals surface area (Å²) in [6.07, 6.45) is -2.84. The van der Waals surface area contributed by atoms with Crippen molar-refractivity contribution < 1.29 is 23.1 Å². The number of Topliss-reactive ketones (excluding diaryl/α,β-unsaturated/α-hetero) is 1. The first-order valence-corrected chi connectivity index (χ1v) is 6.53. The predicted molar refractivity (Wildman–Crippen MR) is 68.9 cm³/mol. The molecule has 20 heavy (non-hydrogen) atoms. The number of esters is 1. The van der Waals surface area contributed by atoms with Gasteiger partial charge in [0, 0.05) is 12.0 Å². The third-order valence-corrected chi connectivity index (χ3v) is 3.69. The standard InChI is InChI=1S/C15H16F2O3/c1-3-7-20-14(19)15(13(16)17)8-11-9(2)5-4-6-10(11)12(15)18/h4-6,13H,3,7-8H2,1-2H3. The highest BCUT2D eigenvalue weighted by atomic mass is 19.3. The largest absolute Gasteiger partial charge is 0.465 e. The van der Waals surface area contributed by atoms with Crippen molar-refractivity contribution in [3.8, 4) is 0 Å². The van der Waals surface area contributed by atoms with Crippen molar-refractivity contribution in [2.75, 3.05) is 6.61 Å². The minimum atomic E-state index is -3.08. The highest BCUT2D eigenvalue weighted by Gasteiger charge is 2.59. The lowest BCUT2D eigenvalue weighted by atomic mass is 9.84. The number of hydrogen-bond acceptors (Lipinski definition) is 3. The van der Waals surface area contributed by atoms with Crippen LogP contribution in [0.2, 0.25) is 0 Å². The molecule has 0 saturated heterocycles. The molecule has 3 nitrogen and oxygen atoms in total. The van der Waals surface area contributed by atoms with Gasteiger partial charge in [-0.3, -0.25) is 9.59 Å². The zero-order chi connectivity index (χ0) is 14.9. The van der Waals surface area contributed by atoms with Gasteiger partial charge in [0.25, 0.3) is 6.43 Å². The first kappa shape index (κ1) is 14.6. The Labute approximate surface area is 115 Å². The number of carbonyl (C=O) groups excluding carboxylic acids is 2. The minimum Gasteiger partial charge on any atom is -0.465 e. The summed E-state index contributed by atoms with van der Waals surface area (Å²) in [5.74, 6) is -1.94. The van der Waals surface area contributed by atoms with Crippen LogP contribution in [-0.2, 0) is 16.0 Å². The summed E-state index contributed by atoms with van der Waals surface area (Å²) in [5.41, 5.74) is -0.907. The number of ether oxygens (including phenoxy) is 1. The van der Waals surface area contributed by atoms with Crippen molar-refractivity contribution in [2.45, 2.75) is 33.1 Å². The maximum atomic E-state index is 13.5. The summed E-state index contributed by atoms with van der Waals surface area (Å²) in [6.45, 7) is 3.54. The van der Waals surface area contributed by atoms with Crippen LogP contribution in [0.1, 0.15) is 34.8 Å². The van der Waals surface area contributed by atoms with E-state index in [2.05, 4.69) is 0 Å². The number of hydrogen-bond donors (Lipinski definition) is 0. The Hall–Kier alpha value is -1.78. The zero-order valence-corrected chi connectivity index (χ0v) is 11.4. The van der Waals surface area contributed by atoms with E-state index in [4.69, 9.17) is 4.74 Å². The number of benzene rings is 1. The Morgan fingerprint density at radius 1 is 1.45 bits per heavy atom. The van der Waals surface area contributed by atoms with Gasteiger partial charge in [-0.25, -0.2) is 8.78 Å². The summed E-state index contributed by atoms with van der Waals surface area (Å²) in [4.78, 5) is 24.4. The maximum absolute atomic E-state index is 13.5. The average Bonchev–Trinajstić information content (AvgIpc) is 2.72. The van der Waals surface area contributed by atoms with E-state index in [-0.39, 0.29) is 18.6 Å². The summed E-state index contributed by atoms with van der Waals surface area (Å²) in [7, 11) is 0. The topological polar surface area (TPSA) is 43.4 Å². The van der Waals surface area contributed by atoms with Gasteiger partial charge in [0.05, 0.1) is 6.61 Å². The maximum Gasteiger partial charge on any atom is 0.326 e. The minimum absolute atomic E-state index is 0.0376. The number of halogens is 2. The second-order valence-electron chi connectivity index (χ2n) is 5.01. The Kier molecular flexibility index (Phi) is 3.88. The van der Waals surface area contributed by atoms with Crippen LogP contribution < -0.4 is 0 Å². The molecular weight excluding hydrogens is 266 g/mol. The molecule has 0 N–H and O–H groups in total. The number of alkyl halides is 2. The lowest BCUT2D eigenvalue weighted by Crippen LogP contribution is -2.45. The van der Waals surface area contributed by atoms with Gasteiger partial charge < -0.3 is 4.74 Å². The molecular formula is C15H16F2O3. The van der Waals surface area contributed by atoms with Crippen LogP contribution in [-0.4, -0.2) is 24.8 Å². The molecule has 2 rings (SSSR count). The third kappa shape index (κ3) is 2.01. The molecule has 0 fully saturated rings. The van der Waals surface area contributed by atoms with Crippen LogP contribution in [0.15, 0.2) is 18.2 Å². The van der Waals surface area contributed by atoms with Gasteiger partial charge in [0.15, 0.2) is 11.2 Å². The van der Waals surface area contributed by atoms with Crippen LogP contribution >= 0.6 is 0 Å². The Balaban J connectivity index is 2.45. The van der Waals surface area contributed by atoms with E-state index in [0.717, 1.165) is 5.56 Å². The van der Waals surface area contributed by atoms with Gasteiger partial charge in [-0.05, 0) is 24.5 Å². The molecule has 108 valence electrons. The van der Waals surface area contributed by atoms with Crippen molar-refractivity contribution >= 4 is 11.8 Å². The smallest absolute Gasteiger partial charge is 0.326 e. The van der Waals surface area contributed by atoms with E-state index in [1.54, 1.807) is 26.0 Å². The lowest BCUT2D eigenvalue weighted by molar-refractivity contribution is -0.160. The summed E-state index contributed by atoms with van der Waals surface area (Å²) in [5, 5.41) is 0. The first-order valence-electron chi connectivity index (χ1n) is 6.53. The van der Waals surface area contributed by atoms with Crippen molar-refractivity contribution in [1.29, 1.82) is 0 Å². The number of ketones is 1. The monoisotopic (exact) mass is 282 g/mol. The fraction of sp³-hybridized carbons (Fsp3) is 0.467. The number of fused-ring (bicyclic) bond motifs is 1. The molecule has 1 aromatic rings. The SMILES string of the molecule is CCCOC(=O)C1(C(F)F)Cc2c(C)cccc2C1=O. The van der Waals surface area contributed by atoms with Crippen molar-refractivity contribution in [1.82, 2.24) is 0 Å². The van der Waals surface area contributed by atoms with Gasteiger partial charge in [-0.1, -0.05) is 25.1 Å². The van der Waals surface area contributed by atoms with E-state index in [9.17, 15) is 18.4 Å². The molecule has 0 radical (unpaired) electrons. The Morgan fingerprint density at radius 3 is 2.70 bits per heavy atom. The molecule has 1 aliphatic rings. The molecule has 1 aliphatic carbocycles. The van der Waals surface area contributed by atoms with Crippen LogP contribution in [0.25, 0.3) is 0 Å². The van der Waals surface area contributed by atoms with Crippen LogP contribution in [0.5, 0.6) is 0 Å². The fourth-order valence-electron chi connectivity index (χ4n) is 2.50. The molecule has 1 aromatic carbocycles. The second-order valence-corrected chi connectivity index (χ2v) is 5.01. The van der Waals surface area contributed by atoms with Gasteiger partial charge in [-0.2, -0.15) is 0 Å². The van der Waals surface area contributed by atoms with Crippen LogP contribution in [0.3, 0.4) is 0 Å². The fourth-order valence-corrected chi connectivity index (χ4v) is 2.50. The Morgan fingerprint density at radius 2 is 2.15 bits per heavy atom. The summed E-state index contributed by atoms with van der Waals surface area (Å²) in [6, 6.07) is 4.86. The van der Waals surface area contributed by atoms with Crippen molar-refractivity contribution in [3.63, 3.8) is 0 Å². The molecule has 0 heterocycles. The molecule has 0 spiro atoms. The number of rotatable bonds is 4. The van der Waals surface area contributed by atoms with Gasteiger partial charge in [-0.15, -0.1) is 0 Å². The molecule has 0 aliphatic heterocycles. The van der Waals surface area contributed by atoms with E-state index in [0.29, 0.717) is 12.0 Å². The molecule has 0 amide bonds. The molecule has 0 bridgehead atoms. The second kappa shape index (κ2) is 5.31. The van der Waals surface area contributed by atoms with Gasteiger partial charge >= 0.3 is 5.97 Å². The molecule has 0 aromatic heterocycles. The summed E-state index contributed by atoms with van der Waals surface area (Å²) < 4.78 is 31.8. The Bertz CT molecular complexity index is 554. The lowest BCUT2D eigenvalue weighted by Gasteiger charge is -2.24. The first-order chi connectivity index (χ1) is 9.45. The van der Waals surface area contributed by atoms with Crippen molar-refractivity contribution in [3.05, 3.63) is 34.9 Å². The normalized spacial score (nSPS) is 21.1. The number of aryl methyl sites for hydroxylation is 1.